The van der Waals surface area contributed by atoms with Crippen LogP contribution in [0.5, 0.6) is 0 Å². The molecule has 3 N–H and O–H groups in total. The largest absolute Gasteiger partial charge is 0.378 e. The Kier molecular flexibility index (Phi) is 4.97. The minimum absolute atomic E-state index is 0.00178. The molecular formula is C12H22N4O4S. The van der Waals surface area contributed by atoms with E-state index in [2.05, 4.69) is 14.9 Å². The van der Waals surface area contributed by atoms with Gasteiger partial charge in [0.05, 0.1) is 30.5 Å². The average molecular weight is 318 g/mol. The molecule has 0 aromatic carbocycles. The van der Waals surface area contributed by atoms with Crippen molar-refractivity contribution in [1.82, 2.24) is 14.9 Å². The molecule has 1 aromatic rings. The molecular weight excluding hydrogens is 296 g/mol. The van der Waals surface area contributed by atoms with Crippen LogP contribution in [-0.2, 0) is 26.8 Å². The molecule has 0 spiro atoms. The van der Waals surface area contributed by atoms with Crippen molar-refractivity contribution in [2.75, 3.05) is 12.4 Å². The lowest BCUT2D eigenvalue weighted by molar-refractivity contribution is 0.0911. The van der Waals surface area contributed by atoms with Gasteiger partial charge in [0.1, 0.15) is 0 Å². The quantitative estimate of drug-likeness (QED) is 0.705. The molecule has 1 heterocycles. The van der Waals surface area contributed by atoms with Crippen LogP contribution in [-0.4, -0.2) is 37.0 Å². The molecule has 0 aliphatic heterocycles. The van der Waals surface area contributed by atoms with Crippen molar-refractivity contribution in [2.24, 2.45) is 5.73 Å². The van der Waals surface area contributed by atoms with Crippen molar-refractivity contribution in [3.05, 3.63) is 11.7 Å². The number of nitrogens with zero attached hydrogens (tertiary/aromatic N) is 2. The number of nitrogens with two attached hydrogens (primary N) is 1. The minimum atomic E-state index is -3.43. The summed E-state index contributed by atoms with van der Waals surface area (Å²) >= 11 is 0. The fourth-order valence-corrected chi connectivity index (χ4v) is 2.75. The highest BCUT2D eigenvalue weighted by molar-refractivity contribution is 7.89. The van der Waals surface area contributed by atoms with Crippen molar-refractivity contribution in [3.63, 3.8) is 0 Å². The van der Waals surface area contributed by atoms with Gasteiger partial charge in [-0.15, -0.1) is 0 Å². The van der Waals surface area contributed by atoms with Crippen LogP contribution in [0.2, 0.25) is 0 Å². The Balaban J connectivity index is 1.82. The lowest BCUT2D eigenvalue weighted by Crippen LogP contribution is -2.44. The number of aromatic nitrogens is 2. The zero-order valence-electron chi connectivity index (χ0n) is 12.3. The van der Waals surface area contributed by atoms with Gasteiger partial charge in [0.2, 0.25) is 15.9 Å². The van der Waals surface area contributed by atoms with Gasteiger partial charge >= 0.3 is 0 Å². The predicted molar refractivity (Wildman–Crippen MR) is 75.7 cm³/mol. The maximum atomic E-state index is 11.8. The predicted octanol–water partition coefficient (Wildman–Crippen LogP) is 0.252. The van der Waals surface area contributed by atoms with E-state index in [1.54, 1.807) is 0 Å². The Bertz CT molecular complexity index is 566. The molecule has 21 heavy (non-hydrogen) atoms. The Morgan fingerprint density at radius 2 is 2.19 bits per heavy atom. The molecule has 0 unspecified atom stereocenters. The van der Waals surface area contributed by atoms with Crippen LogP contribution < -0.4 is 10.5 Å². The molecule has 1 fully saturated rings. The number of hydrogen-bond acceptors (Lipinski definition) is 7. The highest BCUT2D eigenvalue weighted by atomic mass is 32.2. The molecule has 1 aliphatic rings. The lowest BCUT2D eigenvalue weighted by Gasteiger charge is -2.34. The third kappa shape index (κ3) is 4.47. The van der Waals surface area contributed by atoms with Crippen molar-refractivity contribution < 1.29 is 17.7 Å². The van der Waals surface area contributed by atoms with Crippen LogP contribution in [0, 0.1) is 0 Å². The summed E-state index contributed by atoms with van der Waals surface area (Å²) in [7, 11) is -3.43. The molecule has 120 valence electrons. The van der Waals surface area contributed by atoms with E-state index in [4.69, 9.17) is 15.0 Å². The van der Waals surface area contributed by atoms with Gasteiger partial charge in [-0.1, -0.05) is 5.16 Å². The summed E-state index contributed by atoms with van der Waals surface area (Å²) in [5, 5.41) is 3.83. The number of sulfonamides is 1. The molecule has 1 saturated carbocycles. The summed E-state index contributed by atoms with van der Waals surface area (Å²) in [5.41, 5.74) is 5.57. The fourth-order valence-electron chi connectivity index (χ4n) is 1.95. The standard InChI is InChI=1S/C12H22N4O4S/c1-9(2)19-6-7-21(17,18)14-8-10-15-11(16-20-10)12(13)4-3-5-12/h9,14H,3-8,13H2,1-2H3. The SMILES string of the molecule is CC(C)OCCS(=O)(=O)NCc1nc(C2(N)CCC2)no1. The Morgan fingerprint density at radius 3 is 2.76 bits per heavy atom. The van der Waals surface area contributed by atoms with E-state index in [1.165, 1.54) is 0 Å². The number of rotatable bonds is 8. The molecule has 1 aromatic heterocycles. The van der Waals surface area contributed by atoms with E-state index in [9.17, 15) is 8.42 Å². The second-order valence-electron chi connectivity index (χ2n) is 5.58. The smallest absolute Gasteiger partial charge is 0.241 e. The summed E-state index contributed by atoms with van der Waals surface area (Å²) < 4.78 is 36.1. The maximum Gasteiger partial charge on any atom is 0.241 e. The Hall–Kier alpha value is -1.03. The van der Waals surface area contributed by atoms with Crippen LogP contribution >= 0.6 is 0 Å². The molecule has 0 radical (unpaired) electrons. The zero-order chi connectivity index (χ0) is 15.5. The molecule has 2 rings (SSSR count). The monoisotopic (exact) mass is 318 g/mol. The van der Waals surface area contributed by atoms with Crippen LogP contribution in [0.4, 0.5) is 0 Å². The van der Waals surface area contributed by atoms with E-state index in [0.29, 0.717) is 5.82 Å². The van der Waals surface area contributed by atoms with Gasteiger partial charge in [-0.25, -0.2) is 13.1 Å². The van der Waals surface area contributed by atoms with Crippen molar-refractivity contribution in [3.8, 4) is 0 Å². The van der Waals surface area contributed by atoms with Crippen LogP contribution in [0.15, 0.2) is 4.52 Å². The molecule has 9 heteroatoms. The van der Waals surface area contributed by atoms with Gasteiger partial charge in [-0.2, -0.15) is 4.98 Å². The third-order valence-corrected chi connectivity index (χ3v) is 4.69. The molecule has 0 amide bonds. The molecule has 0 atom stereocenters. The van der Waals surface area contributed by atoms with Crippen molar-refractivity contribution in [2.45, 2.75) is 51.3 Å². The van der Waals surface area contributed by atoms with Gasteiger partial charge in [0, 0.05) is 0 Å². The molecule has 0 bridgehead atoms. The van der Waals surface area contributed by atoms with Gasteiger partial charge in [0.25, 0.3) is 0 Å². The van der Waals surface area contributed by atoms with Gasteiger partial charge in [0.15, 0.2) is 5.82 Å². The Morgan fingerprint density at radius 1 is 1.48 bits per heavy atom. The van der Waals surface area contributed by atoms with E-state index < -0.39 is 15.6 Å². The average Bonchev–Trinajstić information content (AvgIpc) is 2.82. The lowest BCUT2D eigenvalue weighted by atomic mass is 9.77. The fraction of sp³-hybridized carbons (Fsp3) is 0.833. The normalized spacial score (nSPS) is 17.9. The first-order valence-electron chi connectivity index (χ1n) is 7.02. The number of ether oxygens (including phenoxy) is 1. The first kappa shape index (κ1) is 16.3. The van der Waals surface area contributed by atoms with Crippen LogP contribution in [0.1, 0.15) is 44.8 Å². The topological polar surface area (TPSA) is 120 Å². The number of nitrogens with one attached hydrogen (secondary N) is 1. The van der Waals surface area contributed by atoms with Gasteiger partial charge < -0.3 is 15.0 Å². The maximum absolute atomic E-state index is 11.8. The minimum Gasteiger partial charge on any atom is -0.378 e. The second-order valence-corrected chi connectivity index (χ2v) is 7.51. The Labute approximate surface area is 124 Å². The van der Waals surface area contributed by atoms with E-state index in [-0.39, 0.29) is 30.9 Å². The first-order valence-corrected chi connectivity index (χ1v) is 8.67. The summed E-state index contributed by atoms with van der Waals surface area (Å²) in [5.74, 6) is 0.564. The van der Waals surface area contributed by atoms with E-state index >= 15 is 0 Å². The van der Waals surface area contributed by atoms with Crippen LogP contribution in [0.25, 0.3) is 0 Å². The molecule has 0 saturated heterocycles. The highest BCUT2D eigenvalue weighted by Gasteiger charge is 2.38. The van der Waals surface area contributed by atoms with Crippen molar-refractivity contribution >= 4 is 10.0 Å². The summed E-state index contributed by atoms with van der Waals surface area (Å²) in [6, 6.07) is 0. The van der Waals surface area contributed by atoms with E-state index in [1.807, 2.05) is 13.8 Å². The highest BCUT2D eigenvalue weighted by Crippen LogP contribution is 2.36. The van der Waals surface area contributed by atoms with Crippen LogP contribution in [0.3, 0.4) is 0 Å². The zero-order valence-corrected chi connectivity index (χ0v) is 13.1. The first-order chi connectivity index (χ1) is 9.81. The number of hydrogen-bond donors (Lipinski definition) is 2. The second kappa shape index (κ2) is 6.39. The van der Waals surface area contributed by atoms with Gasteiger partial charge in [-0.05, 0) is 33.1 Å². The third-order valence-electron chi connectivity index (χ3n) is 3.41. The van der Waals surface area contributed by atoms with Crippen molar-refractivity contribution in [1.29, 1.82) is 0 Å². The van der Waals surface area contributed by atoms with E-state index in [0.717, 1.165) is 19.3 Å². The summed E-state index contributed by atoms with van der Waals surface area (Å²) in [4.78, 5) is 4.15. The molecule has 8 nitrogen and oxygen atoms in total. The molecule has 1 aliphatic carbocycles. The summed E-state index contributed by atoms with van der Waals surface area (Å²) in [6.07, 6.45) is 2.69. The summed E-state index contributed by atoms with van der Waals surface area (Å²) in [6.45, 7) is 3.81. The van der Waals surface area contributed by atoms with Gasteiger partial charge in [-0.3, -0.25) is 0 Å².